The monoisotopic (exact) mass is 524 g/mol. The Morgan fingerprint density at radius 1 is 0.658 bits per heavy atom. The molecule has 2 aromatic carbocycles. The Morgan fingerprint density at radius 3 is 1.71 bits per heavy atom. The number of benzene rings is 2. The van der Waals surface area contributed by atoms with Gasteiger partial charge in [-0.05, 0) is 61.1 Å². The van der Waals surface area contributed by atoms with Gasteiger partial charge in [0.1, 0.15) is 11.5 Å². The maximum absolute atomic E-state index is 5.97. The zero-order valence-corrected chi connectivity index (χ0v) is 23.5. The summed E-state index contributed by atoms with van der Waals surface area (Å²) in [6, 6.07) is 16.8. The van der Waals surface area contributed by atoms with E-state index in [-0.39, 0.29) is 0 Å². The van der Waals surface area contributed by atoms with Crippen LogP contribution in [0.2, 0.25) is 0 Å². The molecule has 0 unspecified atom stereocenters. The molecule has 38 heavy (non-hydrogen) atoms. The van der Waals surface area contributed by atoms with Gasteiger partial charge in [0.2, 0.25) is 0 Å². The smallest absolute Gasteiger partial charge is 0.282 e. The molecule has 2 saturated heterocycles. The molecule has 0 aromatic heterocycles. The van der Waals surface area contributed by atoms with Crippen molar-refractivity contribution in [2.45, 2.75) is 96.4 Å². The van der Waals surface area contributed by atoms with Crippen LogP contribution in [-0.2, 0) is 14.2 Å². The lowest BCUT2D eigenvalue weighted by molar-refractivity contribution is -0.390. The number of unbranched alkanes of at least 4 members (excludes halogenated alkanes) is 8. The van der Waals surface area contributed by atoms with Crippen molar-refractivity contribution in [3.63, 3.8) is 0 Å². The molecule has 2 aliphatic heterocycles. The molecule has 2 aromatic rings. The molecule has 2 fully saturated rings. The molecule has 4 rings (SSSR count). The predicted octanol–water partition coefficient (Wildman–Crippen LogP) is 8.55. The summed E-state index contributed by atoms with van der Waals surface area (Å²) < 4.78 is 29.1. The quantitative estimate of drug-likeness (QED) is 0.194. The van der Waals surface area contributed by atoms with Gasteiger partial charge >= 0.3 is 0 Å². The Hall–Kier alpha value is -2.08. The van der Waals surface area contributed by atoms with Gasteiger partial charge in [0.05, 0.1) is 33.0 Å². The third-order valence-corrected chi connectivity index (χ3v) is 7.61. The third kappa shape index (κ3) is 9.59. The number of hydrogen-bond donors (Lipinski definition) is 0. The molecule has 210 valence electrons. The highest BCUT2D eigenvalue weighted by Crippen LogP contribution is 2.33. The minimum Gasteiger partial charge on any atom is -0.494 e. The van der Waals surface area contributed by atoms with Crippen molar-refractivity contribution in [2.24, 2.45) is 5.92 Å². The van der Waals surface area contributed by atoms with E-state index in [0.29, 0.717) is 5.92 Å². The van der Waals surface area contributed by atoms with Crippen LogP contribution in [0.15, 0.2) is 48.5 Å². The zero-order chi connectivity index (χ0) is 26.3. The minimum atomic E-state index is -0.691. The van der Waals surface area contributed by atoms with Gasteiger partial charge in [-0.25, -0.2) is 0 Å². The first kappa shape index (κ1) is 28.9. The van der Waals surface area contributed by atoms with Crippen molar-refractivity contribution in [1.82, 2.24) is 0 Å². The van der Waals surface area contributed by atoms with Crippen molar-refractivity contribution >= 4 is 0 Å². The van der Waals surface area contributed by atoms with E-state index in [0.717, 1.165) is 76.6 Å². The van der Waals surface area contributed by atoms with Crippen LogP contribution >= 0.6 is 0 Å². The molecule has 0 saturated carbocycles. The van der Waals surface area contributed by atoms with E-state index in [9.17, 15) is 0 Å². The SMILES string of the molecule is CCCCOc1ccc(-c2ccc(OCCCCCCCCCCC3COC4(CCCO4)OC3)cc2)cc1. The minimum absolute atomic E-state index is 0.530. The lowest BCUT2D eigenvalue weighted by Gasteiger charge is -2.36. The summed E-state index contributed by atoms with van der Waals surface area (Å²) in [7, 11) is 0. The second kappa shape index (κ2) is 16.1. The largest absolute Gasteiger partial charge is 0.494 e. The molecule has 2 aliphatic rings. The first-order valence-corrected chi connectivity index (χ1v) is 15.1. The van der Waals surface area contributed by atoms with Gasteiger partial charge in [0.15, 0.2) is 0 Å². The summed E-state index contributed by atoms with van der Waals surface area (Å²) >= 11 is 0. The Labute approximate surface area is 230 Å². The highest BCUT2D eigenvalue weighted by molar-refractivity contribution is 5.64. The van der Waals surface area contributed by atoms with Gasteiger partial charge in [-0.2, -0.15) is 0 Å². The zero-order valence-electron chi connectivity index (χ0n) is 23.5. The van der Waals surface area contributed by atoms with Crippen LogP contribution in [0.5, 0.6) is 11.5 Å². The molecule has 2 heterocycles. The molecule has 0 N–H and O–H groups in total. The average molecular weight is 525 g/mol. The lowest BCUT2D eigenvalue weighted by Crippen LogP contribution is -2.43. The molecule has 0 radical (unpaired) electrons. The van der Waals surface area contributed by atoms with Crippen molar-refractivity contribution in [3.05, 3.63) is 48.5 Å². The standard InChI is InChI=1S/C33H48O5/c1-2-3-23-34-31-18-14-29(15-19-31)30-16-20-32(21-17-30)35-24-11-9-7-5-4-6-8-10-13-28-26-37-33(38-27-28)22-12-25-36-33/h14-21,28H,2-13,22-27H2,1H3. The molecule has 0 aliphatic carbocycles. The van der Waals surface area contributed by atoms with E-state index in [1.54, 1.807) is 0 Å². The molecule has 1 spiro atoms. The summed E-state index contributed by atoms with van der Waals surface area (Å²) in [6.45, 7) is 6.09. The predicted molar refractivity (Wildman–Crippen MR) is 153 cm³/mol. The van der Waals surface area contributed by atoms with Gasteiger partial charge in [-0.3, -0.25) is 0 Å². The first-order valence-electron chi connectivity index (χ1n) is 15.1. The van der Waals surface area contributed by atoms with Crippen LogP contribution in [0.25, 0.3) is 11.1 Å². The van der Waals surface area contributed by atoms with Crippen molar-refractivity contribution in [1.29, 1.82) is 0 Å². The van der Waals surface area contributed by atoms with Crippen LogP contribution < -0.4 is 9.47 Å². The Kier molecular flexibility index (Phi) is 12.3. The first-order chi connectivity index (χ1) is 18.8. The van der Waals surface area contributed by atoms with Crippen LogP contribution in [0, 0.1) is 5.92 Å². The van der Waals surface area contributed by atoms with Crippen molar-refractivity contribution < 1.29 is 23.7 Å². The fourth-order valence-electron chi connectivity index (χ4n) is 5.17. The molecular weight excluding hydrogens is 476 g/mol. The Morgan fingerprint density at radius 2 is 1.18 bits per heavy atom. The van der Waals surface area contributed by atoms with E-state index in [2.05, 4.69) is 55.5 Å². The van der Waals surface area contributed by atoms with Crippen molar-refractivity contribution in [3.8, 4) is 22.6 Å². The second-order valence-electron chi connectivity index (χ2n) is 10.8. The summed E-state index contributed by atoms with van der Waals surface area (Å²) in [5, 5.41) is 0. The van der Waals surface area contributed by atoms with Crippen molar-refractivity contribution in [2.75, 3.05) is 33.0 Å². The third-order valence-electron chi connectivity index (χ3n) is 7.61. The van der Waals surface area contributed by atoms with Crippen LogP contribution in [0.3, 0.4) is 0 Å². The lowest BCUT2D eigenvalue weighted by atomic mass is 10.0. The van der Waals surface area contributed by atoms with Gasteiger partial charge < -0.3 is 23.7 Å². The maximum atomic E-state index is 5.97. The van der Waals surface area contributed by atoms with Crippen LogP contribution in [0.1, 0.15) is 90.4 Å². The Balaban J connectivity index is 0.971. The molecule has 0 bridgehead atoms. The normalized spacial score (nSPS) is 21.1. The summed E-state index contributed by atoms with van der Waals surface area (Å²) in [5.74, 6) is 1.73. The van der Waals surface area contributed by atoms with Crippen LogP contribution in [-0.4, -0.2) is 39.0 Å². The maximum Gasteiger partial charge on any atom is 0.282 e. The number of ether oxygens (including phenoxy) is 5. The number of rotatable bonds is 17. The van der Waals surface area contributed by atoms with E-state index in [4.69, 9.17) is 23.7 Å². The van der Waals surface area contributed by atoms with Crippen LogP contribution in [0.4, 0.5) is 0 Å². The summed E-state index contributed by atoms with van der Waals surface area (Å²) in [4.78, 5) is 0. The molecule has 5 heteroatoms. The fourth-order valence-corrected chi connectivity index (χ4v) is 5.17. The highest BCUT2D eigenvalue weighted by atomic mass is 16.9. The average Bonchev–Trinajstić information content (AvgIpc) is 3.41. The van der Waals surface area contributed by atoms with Gasteiger partial charge in [-0.15, -0.1) is 0 Å². The molecular formula is C33H48O5. The van der Waals surface area contributed by atoms with Gasteiger partial charge in [0.25, 0.3) is 5.97 Å². The van der Waals surface area contributed by atoms with E-state index >= 15 is 0 Å². The molecule has 0 amide bonds. The highest BCUT2D eigenvalue weighted by Gasteiger charge is 2.41. The fraction of sp³-hybridized carbons (Fsp3) is 0.636. The van der Waals surface area contributed by atoms with E-state index < -0.39 is 5.97 Å². The molecule has 0 atom stereocenters. The van der Waals surface area contributed by atoms with Gasteiger partial charge in [0, 0.05) is 12.3 Å². The van der Waals surface area contributed by atoms with E-state index in [1.807, 2.05) is 0 Å². The van der Waals surface area contributed by atoms with E-state index in [1.165, 1.54) is 62.5 Å². The number of hydrogen-bond acceptors (Lipinski definition) is 5. The molecule has 5 nitrogen and oxygen atoms in total. The Bertz CT molecular complexity index is 879. The van der Waals surface area contributed by atoms with Gasteiger partial charge in [-0.1, -0.05) is 82.6 Å². The topological polar surface area (TPSA) is 46.2 Å². The summed E-state index contributed by atoms with van der Waals surface area (Å²) in [6.07, 6.45) is 15.6. The summed E-state index contributed by atoms with van der Waals surface area (Å²) in [5.41, 5.74) is 2.40. The second-order valence-corrected chi connectivity index (χ2v) is 10.8.